The maximum atomic E-state index is 12.5. The number of hydrogen-bond donors (Lipinski definition) is 1. The van der Waals surface area contributed by atoms with Gasteiger partial charge in [-0.3, -0.25) is 24.1 Å². The van der Waals surface area contributed by atoms with Crippen LogP contribution in [0, 0.1) is 6.92 Å². The summed E-state index contributed by atoms with van der Waals surface area (Å²) in [6.07, 6.45) is -0.340. The first-order valence-electron chi connectivity index (χ1n) is 9.37. The van der Waals surface area contributed by atoms with Crippen LogP contribution < -0.4 is 5.32 Å². The summed E-state index contributed by atoms with van der Waals surface area (Å²) in [5.41, 5.74) is 3.08. The van der Waals surface area contributed by atoms with Gasteiger partial charge in [0.05, 0.1) is 11.1 Å². The Bertz CT molecular complexity index is 963. The molecular formula is C22H22N2O5. The van der Waals surface area contributed by atoms with Crippen LogP contribution in [0.15, 0.2) is 42.5 Å². The monoisotopic (exact) mass is 394 g/mol. The lowest BCUT2D eigenvalue weighted by atomic mass is 10.1. The Labute approximate surface area is 168 Å². The fourth-order valence-corrected chi connectivity index (χ4v) is 3.23. The summed E-state index contributed by atoms with van der Waals surface area (Å²) < 4.78 is 5.16. The maximum Gasteiger partial charge on any atom is 0.326 e. The number of nitrogens with zero attached hydrogens (tertiary/aromatic N) is 1. The predicted molar refractivity (Wildman–Crippen MR) is 107 cm³/mol. The first-order valence-corrected chi connectivity index (χ1v) is 9.37. The van der Waals surface area contributed by atoms with E-state index in [1.165, 1.54) is 19.1 Å². The van der Waals surface area contributed by atoms with Gasteiger partial charge in [-0.2, -0.15) is 0 Å². The summed E-state index contributed by atoms with van der Waals surface area (Å²) in [6, 6.07) is 12.1. The molecule has 0 aliphatic carbocycles. The second-order valence-corrected chi connectivity index (χ2v) is 6.83. The number of aryl methyl sites for hydroxylation is 2. The Balaban J connectivity index is 1.62. The van der Waals surface area contributed by atoms with Crippen LogP contribution in [0.3, 0.4) is 0 Å². The third-order valence-corrected chi connectivity index (χ3v) is 4.83. The molecular weight excluding hydrogens is 372 g/mol. The molecule has 2 aromatic carbocycles. The van der Waals surface area contributed by atoms with E-state index < -0.39 is 36.3 Å². The van der Waals surface area contributed by atoms with Crippen molar-refractivity contribution in [3.63, 3.8) is 0 Å². The van der Waals surface area contributed by atoms with E-state index in [1.807, 2.05) is 32.0 Å². The number of rotatable bonds is 6. The molecule has 0 unspecified atom stereocenters. The molecule has 3 rings (SSSR count). The number of esters is 1. The van der Waals surface area contributed by atoms with Gasteiger partial charge in [-0.05, 0) is 43.5 Å². The molecule has 7 nitrogen and oxygen atoms in total. The number of fused-ring (bicyclic) bond motifs is 1. The Morgan fingerprint density at radius 3 is 2.24 bits per heavy atom. The molecule has 1 N–H and O–H groups in total. The first kappa shape index (κ1) is 20.3. The van der Waals surface area contributed by atoms with E-state index in [0.717, 1.165) is 22.4 Å². The number of nitrogens with one attached hydrogen (secondary N) is 1. The molecule has 0 radical (unpaired) electrons. The number of para-hydroxylation sites is 1. The van der Waals surface area contributed by atoms with Crippen LogP contribution in [0.2, 0.25) is 0 Å². The second-order valence-electron chi connectivity index (χ2n) is 6.83. The number of carbonyl (C=O) groups excluding carboxylic acids is 4. The zero-order chi connectivity index (χ0) is 21.1. The van der Waals surface area contributed by atoms with Gasteiger partial charge >= 0.3 is 5.97 Å². The standard InChI is InChI=1S/C22H22N2O5/c1-4-15-9-7-8-13(2)19(15)23-20(26)14(3)29-18(25)12-24-21(27)16-10-5-6-11-17(16)22(24)28/h5-11,14H,4,12H2,1-3H3,(H,23,26)/t14-/m0/s1. The molecule has 2 aromatic rings. The van der Waals surface area contributed by atoms with Gasteiger partial charge in [-0.1, -0.05) is 37.3 Å². The molecule has 0 fully saturated rings. The molecule has 0 bridgehead atoms. The zero-order valence-electron chi connectivity index (χ0n) is 16.5. The molecule has 29 heavy (non-hydrogen) atoms. The topological polar surface area (TPSA) is 92.8 Å². The van der Waals surface area contributed by atoms with Gasteiger partial charge in [0.15, 0.2) is 6.10 Å². The summed E-state index contributed by atoms with van der Waals surface area (Å²) in [4.78, 5) is 50.2. The van der Waals surface area contributed by atoms with E-state index in [9.17, 15) is 19.2 Å². The predicted octanol–water partition coefficient (Wildman–Crippen LogP) is 2.72. The van der Waals surface area contributed by atoms with Gasteiger partial charge in [-0.25, -0.2) is 0 Å². The van der Waals surface area contributed by atoms with E-state index >= 15 is 0 Å². The highest BCUT2D eigenvalue weighted by Crippen LogP contribution is 2.23. The molecule has 0 spiro atoms. The van der Waals surface area contributed by atoms with Gasteiger partial charge in [0, 0.05) is 5.69 Å². The molecule has 3 amide bonds. The molecule has 7 heteroatoms. The van der Waals surface area contributed by atoms with Crippen molar-refractivity contribution >= 4 is 29.4 Å². The Hall–Kier alpha value is -3.48. The first-order chi connectivity index (χ1) is 13.8. The number of anilines is 1. The van der Waals surface area contributed by atoms with Crippen LogP contribution in [-0.4, -0.2) is 41.2 Å². The fourth-order valence-electron chi connectivity index (χ4n) is 3.23. The van der Waals surface area contributed by atoms with Crippen LogP contribution in [0.25, 0.3) is 0 Å². The molecule has 150 valence electrons. The number of ether oxygens (including phenoxy) is 1. The highest BCUT2D eigenvalue weighted by atomic mass is 16.5. The highest BCUT2D eigenvalue weighted by molar-refractivity contribution is 6.22. The third-order valence-electron chi connectivity index (χ3n) is 4.83. The van der Waals surface area contributed by atoms with Crippen molar-refractivity contribution in [1.82, 2.24) is 4.90 Å². The van der Waals surface area contributed by atoms with Gasteiger partial charge in [0.25, 0.3) is 17.7 Å². The molecule has 1 atom stereocenters. The molecule has 1 aliphatic rings. The number of benzene rings is 2. The van der Waals surface area contributed by atoms with Crippen molar-refractivity contribution in [2.24, 2.45) is 0 Å². The lowest BCUT2D eigenvalue weighted by Gasteiger charge is -2.18. The van der Waals surface area contributed by atoms with E-state index in [0.29, 0.717) is 5.69 Å². The number of imide groups is 1. The van der Waals surface area contributed by atoms with E-state index in [1.54, 1.807) is 12.1 Å². The van der Waals surface area contributed by atoms with Gasteiger partial charge in [0.1, 0.15) is 6.54 Å². The highest BCUT2D eigenvalue weighted by Gasteiger charge is 2.37. The van der Waals surface area contributed by atoms with E-state index in [4.69, 9.17) is 4.74 Å². The SMILES string of the molecule is CCc1cccc(C)c1NC(=O)[C@H](C)OC(=O)CN1C(=O)c2ccccc2C1=O. The van der Waals surface area contributed by atoms with E-state index in [2.05, 4.69) is 5.32 Å². The summed E-state index contributed by atoms with van der Waals surface area (Å²) in [5.74, 6) is -2.41. The summed E-state index contributed by atoms with van der Waals surface area (Å²) in [7, 11) is 0. The average Bonchev–Trinajstić information content (AvgIpc) is 2.94. The maximum absolute atomic E-state index is 12.5. The quantitative estimate of drug-likeness (QED) is 0.601. The lowest BCUT2D eigenvalue weighted by Crippen LogP contribution is -2.38. The average molecular weight is 394 g/mol. The normalized spacial score (nSPS) is 13.8. The zero-order valence-corrected chi connectivity index (χ0v) is 16.5. The molecule has 0 aromatic heterocycles. The minimum Gasteiger partial charge on any atom is -0.451 e. The summed E-state index contributed by atoms with van der Waals surface area (Å²) >= 11 is 0. The summed E-state index contributed by atoms with van der Waals surface area (Å²) in [5, 5.41) is 2.80. The Morgan fingerprint density at radius 1 is 1.03 bits per heavy atom. The van der Waals surface area contributed by atoms with Crippen LogP contribution in [0.1, 0.15) is 45.7 Å². The third kappa shape index (κ3) is 4.03. The smallest absolute Gasteiger partial charge is 0.326 e. The van der Waals surface area contributed by atoms with Crippen molar-refractivity contribution < 1.29 is 23.9 Å². The van der Waals surface area contributed by atoms with Crippen molar-refractivity contribution in [2.75, 3.05) is 11.9 Å². The Morgan fingerprint density at radius 2 is 1.66 bits per heavy atom. The van der Waals surface area contributed by atoms with Gasteiger partial charge in [0.2, 0.25) is 0 Å². The van der Waals surface area contributed by atoms with Crippen LogP contribution in [0.5, 0.6) is 0 Å². The molecule has 0 saturated carbocycles. The van der Waals surface area contributed by atoms with Crippen LogP contribution in [0.4, 0.5) is 5.69 Å². The van der Waals surface area contributed by atoms with Crippen molar-refractivity contribution in [2.45, 2.75) is 33.3 Å². The van der Waals surface area contributed by atoms with Crippen molar-refractivity contribution in [3.8, 4) is 0 Å². The number of amides is 3. The second kappa shape index (κ2) is 8.26. The molecule has 0 saturated heterocycles. The number of carbonyl (C=O) groups is 4. The minimum atomic E-state index is -1.08. The molecule has 1 aliphatic heterocycles. The number of hydrogen-bond acceptors (Lipinski definition) is 5. The minimum absolute atomic E-state index is 0.253. The van der Waals surface area contributed by atoms with Gasteiger partial charge in [-0.15, -0.1) is 0 Å². The van der Waals surface area contributed by atoms with Crippen LogP contribution >= 0.6 is 0 Å². The lowest BCUT2D eigenvalue weighted by molar-refractivity contribution is -0.153. The van der Waals surface area contributed by atoms with Crippen molar-refractivity contribution in [1.29, 1.82) is 0 Å². The molecule has 1 heterocycles. The summed E-state index contributed by atoms with van der Waals surface area (Å²) in [6.45, 7) is 4.76. The van der Waals surface area contributed by atoms with Gasteiger partial charge < -0.3 is 10.1 Å². The van der Waals surface area contributed by atoms with Crippen LogP contribution in [-0.2, 0) is 20.7 Å². The van der Waals surface area contributed by atoms with Crippen molar-refractivity contribution in [3.05, 3.63) is 64.7 Å². The Kier molecular flexibility index (Phi) is 5.77. The van der Waals surface area contributed by atoms with E-state index in [-0.39, 0.29) is 11.1 Å². The largest absolute Gasteiger partial charge is 0.451 e. The fraction of sp³-hybridized carbons (Fsp3) is 0.273.